The summed E-state index contributed by atoms with van der Waals surface area (Å²) in [5.74, 6) is 0.248. The normalized spacial score (nSPS) is 17.5. The van der Waals surface area contributed by atoms with E-state index in [0.717, 1.165) is 5.69 Å². The first-order valence-corrected chi connectivity index (χ1v) is 12.6. The molecule has 0 aliphatic carbocycles. The van der Waals surface area contributed by atoms with E-state index < -0.39 is 0 Å². The Hall–Kier alpha value is -3.16. The van der Waals surface area contributed by atoms with Crippen molar-refractivity contribution in [2.24, 2.45) is 0 Å². The molecule has 10 heteroatoms. The van der Waals surface area contributed by atoms with Crippen LogP contribution < -0.4 is 15.4 Å². The van der Waals surface area contributed by atoms with Crippen LogP contribution in [0.2, 0.25) is 0 Å². The zero-order valence-electron chi connectivity index (χ0n) is 19.9. The van der Waals surface area contributed by atoms with Crippen molar-refractivity contribution < 1.29 is 9.18 Å². The number of hydrogen-bond acceptors (Lipinski definition) is 7. The highest BCUT2D eigenvalue weighted by Gasteiger charge is 2.31. The Morgan fingerprint density at radius 2 is 1.77 bits per heavy atom. The van der Waals surface area contributed by atoms with Crippen LogP contribution in [0.1, 0.15) is 30.0 Å². The Morgan fingerprint density at radius 3 is 2.31 bits per heavy atom. The molecule has 0 saturated carbocycles. The quantitative estimate of drug-likeness (QED) is 0.447. The molecular weight excluding hydrogens is 485 g/mol. The first kappa shape index (κ1) is 24.9. The van der Waals surface area contributed by atoms with Gasteiger partial charge in [0, 0.05) is 51.0 Å². The number of thiocarbonyl (C=S) groups is 1. The maximum absolute atomic E-state index is 13.4. The van der Waals surface area contributed by atoms with Gasteiger partial charge < -0.3 is 9.80 Å². The number of nitrogens with zero attached hydrogens (tertiary/aromatic N) is 5. The van der Waals surface area contributed by atoms with Crippen LogP contribution in [0.15, 0.2) is 34.0 Å². The molecule has 2 aromatic rings. The Bertz CT molecular complexity index is 1310. The van der Waals surface area contributed by atoms with Crippen molar-refractivity contribution in [3.8, 4) is 6.07 Å². The van der Waals surface area contributed by atoms with Crippen LogP contribution in [0, 0.1) is 24.1 Å². The minimum atomic E-state index is -0.317. The van der Waals surface area contributed by atoms with Gasteiger partial charge >= 0.3 is 0 Å². The number of thioether (sulfide) groups is 1. The van der Waals surface area contributed by atoms with E-state index in [2.05, 4.69) is 15.9 Å². The van der Waals surface area contributed by atoms with Gasteiger partial charge in [-0.05, 0) is 49.2 Å². The molecule has 3 heterocycles. The van der Waals surface area contributed by atoms with Crippen LogP contribution in [-0.2, 0) is 11.3 Å². The summed E-state index contributed by atoms with van der Waals surface area (Å²) in [5.41, 5.74) is 1.97. The molecule has 0 atom stereocenters. The highest BCUT2D eigenvalue weighted by molar-refractivity contribution is 8.26. The van der Waals surface area contributed by atoms with Crippen LogP contribution in [0.3, 0.4) is 0 Å². The number of hydrogen-bond donors (Lipinski definition) is 0. The number of carbonyl (C=O) groups is 1. The highest BCUT2D eigenvalue weighted by atomic mass is 32.2. The Balaban J connectivity index is 1.79. The van der Waals surface area contributed by atoms with Gasteiger partial charge in [0.1, 0.15) is 27.6 Å². The molecule has 182 valence electrons. The smallest absolute Gasteiger partial charge is 0.270 e. The summed E-state index contributed by atoms with van der Waals surface area (Å²) in [6, 6.07) is 8.51. The first-order valence-electron chi connectivity index (χ1n) is 11.4. The molecule has 0 N–H and O–H groups in total. The summed E-state index contributed by atoms with van der Waals surface area (Å²) < 4.78 is 15.5. The molecule has 0 bridgehead atoms. The van der Waals surface area contributed by atoms with Gasteiger partial charge in [0.15, 0.2) is 0 Å². The standard InChI is InChI=1S/C25H26FN5O2S2/c1-4-9-31-22(30-12-10-29(11-13-30)18-7-5-17(26)6-8-18)19(16(2)20(15-27)23(31)32)14-21-24(33)28(3)25(34)35-21/h5-8,14H,4,9-13H2,1-3H3/b21-14+. The molecule has 1 aromatic heterocycles. The minimum absolute atomic E-state index is 0.0883. The van der Waals surface area contributed by atoms with Crippen LogP contribution in [0.25, 0.3) is 6.08 Å². The molecule has 2 saturated heterocycles. The van der Waals surface area contributed by atoms with Crippen molar-refractivity contribution in [3.63, 3.8) is 0 Å². The zero-order valence-corrected chi connectivity index (χ0v) is 21.5. The van der Waals surface area contributed by atoms with Gasteiger partial charge in [-0.25, -0.2) is 4.39 Å². The lowest BCUT2D eigenvalue weighted by molar-refractivity contribution is -0.121. The van der Waals surface area contributed by atoms with Gasteiger partial charge in [-0.2, -0.15) is 5.26 Å². The SMILES string of the molecule is CCCn1c(N2CCN(c3ccc(F)cc3)CC2)c(/C=C2/SC(=S)N(C)C2=O)c(C)c(C#N)c1=O. The van der Waals surface area contributed by atoms with E-state index in [1.54, 1.807) is 36.7 Å². The van der Waals surface area contributed by atoms with Gasteiger partial charge in [-0.1, -0.05) is 30.9 Å². The van der Waals surface area contributed by atoms with E-state index in [-0.39, 0.29) is 22.8 Å². The van der Waals surface area contributed by atoms with Gasteiger partial charge in [0.25, 0.3) is 11.5 Å². The topological polar surface area (TPSA) is 72.6 Å². The van der Waals surface area contributed by atoms with Crippen molar-refractivity contribution in [2.45, 2.75) is 26.8 Å². The molecule has 0 spiro atoms. The van der Waals surface area contributed by atoms with Crippen molar-refractivity contribution in [1.82, 2.24) is 9.47 Å². The number of carbonyl (C=O) groups excluding carboxylic acids is 1. The molecule has 7 nitrogen and oxygen atoms in total. The number of nitriles is 1. The number of likely N-dealkylation sites (N-methyl/N-ethyl adjacent to an activating group) is 1. The number of amides is 1. The number of piperazine rings is 1. The van der Waals surface area contributed by atoms with Crippen LogP contribution in [0.5, 0.6) is 0 Å². The number of halogens is 1. The van der Waals surface area contributed by atoms with Crippen molar-refractivity contribution in [3.05, 3.63) is 62.0 Å². The third-order valence-corrected chi connectivity index (χ3v) is 7.81. The second-order valence-corrected chi connectivity index (χ2v) is 10.2. The molecule has 2 fully saturated rings. The molecular formula is C25H26FN5O2S2. The fraction of sp³-hybridized carbons (Fsp3) is 0.360. The molecule has 2 aliphatic heterocycles. The van der Waals surface area contributed by atoms with Gasteiger partial charge in [0.2, 0.25) is 0 Å². The number of pyridine rings is 1. The van der Waals surface area contributed by atoms with Crippen molar-refractivity contribution >= 4 is 51.8 Å². The van der Waals surface area contributed by atoms with E-state index in [9.17, 15) is 19.2 Å². The fourth-order valence-corrected chi connectivity index (χ4v) is 5.58. The number of rotatable bonds is 5. The summed E-state index contributed by atoms with van der Waals surface area (Å²) in [6.07, 6.45) is 2.49. The highest BCUT2D eigenvalue weighted by Crippen LogP contribution is 2.35. The molecule has 1 aromatic carbocycles. The van der Waals surface area contributed by atoms with E-state index in [4.69, 9.17) is 12.2 Å². The Labute approximate surface area is 213 Å². The van der Waals surface area contributed by atoms with Gasteiger partial charge in [-0.3, -0.25) is 19.1 Å². The van der Waals surface area contributed by atoms with E-state index in [0.29, 0.717) is 65.3 Å². The zero-order chi connectivity index (χ0) is 25.3. The predicted octanol–water partition coefficient (Wildman–Crippen LogP) is 3.74. The largest absolute Gasteiger partial charge is 0.368 e. The fourth-order valence-electron chi connectivity index (χ4n) is 4.42. The lowest BCUT2D eigenvalue weighted by Crippen LogP contribution is -2.48. The van der Waals surface area contributed by atoms with Crippen LogP contribution in [0.4, 0.5) is 15.9 Å². The third-order valence-electron chi connectivity index (χ3n) is 6.33. The summed E-state index contributed by atoms with van der Waals surface area (Å²) >= 11 is 6.51. The van der Waals surface area contributed by atoms with E-state index in [1.807, 2.05) is 6.92 Å². The van der Waals surface area contributed by atoms with Crippen molar-refractivity contribution in [2.75, 3.05) is 43.0 Å². The average molecular weight is 512 g/mol. The van der Waals surface area contributed by atoms with E-state index in [1.165, 1.54) is 28.8 Å². The Kier molecular flexibility index (Phi) is 7.28. The molecule has 1 amide bonds. The van der Waals surface area contributed by atoms with Crippen LogP contribution >= 0.6 is 24.0 Å². The van der Waals surface area contributed by atoms with E-state index >= 15 is 0 Å². The maximum atomic E-state index is 13.4. The second-order valence-electron chi connectivity index (χ2n) is 8.50. The minimum Gasteiger partial charge on any atom is -0.368 e. The maximum Gasteiger partial charge on any atom is 0.270 e. The predicted molar refractivity (Wildman–Crippen MR) is 142 cm³/mol. The summed E-state index contributed by atoms with van der Waals surface area (Å²) in [6.45, 7) is 6.81. The average Bonchev–Trinajstić information content (AvgIpc) is 3.09. The summed E-state index contributed by atoms with van der Waals surface area (Å²) in [7, 11) is 1.64. The first-order chi connectivity index (χ1) is 16.8. The van der Waals surface area contributed by atoms with Crippen molar-refractivity contribution in [1.29, 1.82) is 5.26 Å². The summed E-state index contributed by atoms with van der Waals surface area (Å²) in [5, 5.41) is 9.76. The number of anilines is 2. The summed E-state index contributed by atoms with van der Waals surface area (Å²) in [4.78, 5) is 32.3. The molecule has 2 aliphatic rings. The monoisotopic (exact) mass is 511 g/mol. The Morgan fingerprint density at radius 1 is 1.14 bits per heavy atom. The second kappa shape index (κ2) is 10.2. The molecule has 4 rings (SSSR count). The third kappa shape index (κ3) is 4.70. The lowest BCUT2D eigenvalue weighted by atomic mass is 10.0. The van der Waals surface area contributed by atoms with Gasteiger partial charge in [0.05, 0.1) is 4.91 Å². The molecule has 0 radical (unpaired) electrons. The molecule has 0 unspecified atom stereocenters. The lowest BCUT2D eigenvalue weighted by Gasteiger charge is -2.39. The number of aromatic nitrogens is 1. The molecule has 35 heavy (non-hydrogen) atoms. The number of benzene rings is 1. The van der Waals surface area contributed by atoms with Gasteiger partial charge in [-0.15, -0.1) is 0 Å². The van der Waals surface area contributed by atoms with Crippen LogP contribution in [-0.4, -0.2) is 52.9 Å².